The molecule has 3 aliphatic heterocycles. The lowest BCUT2D eigenvalue weighted by atomic mass is 9.87. The number of methoxy groups -OCH3 is 1. The van der Waals surface area contributed by atoms with Crippen LogP contribution in [0.5, 0.6) is 5.75 Å². The van der Waals surface area contributed by atoms with E-state index in [-0.39, 0.29) is 41.5 Å². The van der Waals surface area contributed by atoms with Crippen LogP contribution in [-0.2, 0) is 20.6 Å². The molecule has 14 nitrogen and oxygen atoms in total. The Hall–Kier alpha value is -6.26. The van der Waals surface area contributed by atoms with E-state index in [0.717, 1.165) is 22.6 Å². The molecular formula is C42H45F3N8O6. The predicted octanol–water partition coefficient (Wildman–Crippen LogP) is 6.11. The number of halogens is 3. The van der Waals surface area contributed by atoms with Crippen LogP contribution in [0, 0.1) is 6.92 Å². The molecule has 2 fully saturated rings. The number of imide groups is 2. The zero-order valence-corrected chi connectivity index (χ0v) is 32.9. The molecule has 2 atom stereocenters. The lowest BCUT2D eigenvalue weighted by Crippen LogP contribution is -2.54. The van der Waals surface area contributed by atoms with Crippen LogP contribution in [0.25, 0.3) is 10.9 Å². The molecule has 310 valence electrons. The number of rotatable bonds is 12. The molecule has 5 amide bonds. The zero-order valence-electron chi connectivity index (χ0n) is 32.9. The van der Waals surface area contributed by atoms with Crippen molar-refractivity contribution in [3.05, 3.63) is 82.2 Å². The third-order valence-corrected chi connectivity index (χ3v) is 11.2. The van der Waals surface area contributed by atoms with E-state index < -0.39 is 47.5 Å². The largest absolute Gasteiger partial charge is 0.496 e. The number of likely N-dealkylation sites (tertiary alicyclic amines) is 1. The van der Waals surface area contributed by atoms with E-state index in [1.54, 1.807) is 39.2 Å². The summed E-state index contributed by atoms with van der Waals surface area (Å²) in [5.41, 5.74) is 7.77. The van der Waals surface area contributed by atoms with Gasteiger partial charge in [-0.3, -0.25) is 34.2 Å². The number of unbranched alkanes of at least 4 members (excludes halogenated alkanes) is 1. The molecule has 0 bridgehead atoms. The van der Waals surface area contributed by atoms with Crippen molar-refractivity contribution in [1.82, 2.24) is 25.1 Å². The van der Waals surface area contributed by atoms with Crippen LogP contribution >= 0.6 is 0 Å². The number of nitrogens with one attached hydrogen (secondary N) is 3. The number of anilines is 3. The van der Waals surface area contributed by atoms with Crippen molar-refractivity contribution in [3.8, 4) is 5.75 Å². The quantitative estimate of drug-likeness (QED) is 0.0734. The van der Waals surface area contributed by atoms with E-state index in [9.17, 15) is 37.1 Å². The van der Waals surface area contributed by atoms with Gasteiger partial charge < -0.3 is 26.0 Å². The fraction of sp³-hybridized carbons (Fsp3) is 0.405. The average Bonchev–Trinajstić information content (AvgIpc) is 3.45. The van der Waals surface area contributed by atoms with Gasteiger partial charge in [-0.05, 0) is 99.4 Å². The number of hydrogen-bond acceptors (Lipinski definition) is 11. The molecule has 1 aromatic heterocycles. The van der Waals surface area contributed by atoms with Crippen molar-refractivity contribution in [2.45, 2.75) is 83.0 Å². The normalized spacial score (nSPS) is 17.9. The Morgan fingerprint density at radius 1 is 1.02 bits per heavy atom. The monoisotopic (exact) mass is 814 g/mol. The molecule has 17 heteroatoms. The van der Waals surface area contributed by atoms with E-state index in [1.807, 2.05) is 17.0 Å². The molecule has 7 rings (SSSR count). The second-order valence-corrected chi connectivity index (χ2v) is 15.2. The van der Waals surface area contributed by atoms with Gasteiger partial charge in [-0.25, -0.2) is 9.97 Å². The number of carbonyl (C=O) groups is 5. The number of alkyl halides is 3. The Bertz CT molecular complexity index is 2350. The third kappa shape index (κ3) is 8.50. The van der Waals surface area contributed by atoms with Gasteiger partial charge in [0.1, 0.15) is 23.4 Å². The van der Waals surface area contributed by atoms with Crippen molar-refractivity contribution < 1.29 is 41.9 Å². The van der Waals surface area contributed by atoms with Crippen LogP contribution in [0.4, 0.5) is 30.4 Å². The van der Waals surface area contributed by atoms with Gasteiger partial charge >= 0.3 is 6.18 Å². The Balaban J connectivity index is 0.944. The molecule has 1 unspecified atom stereocenters. The summed E-state index contributed by atoms with van der Waals surface area (Å²) in [6.07, 6.45) is -1.51. The minimum Gasteiger partial charge on any atom is -0.496 e. The Labute approximate surface area is 338 Å². The van der Waals surface area contributed by atoms with Gasteiger partial charge in [-0.15, -0.1) is 0 Å². The number of hydrogen-bond donors (Lipinski definition) is 4. The minimum atomic E-state index is -4.55. The molecule has 59 heavy (non-hydrogen) atoms. The highest BCUT2D eigenvalue weighted by atomic mass is 19.4. The van der Waals surface area contributed by atoms with Gasteiger partial charge in [0.25, 0.3) is 11.8 Å². The number of benzene rings is 3. The number of aryl methyl sites for hydroxylation is 1. The van der Waals surface area contributed by atoms with Gasteiger partial charge in [-0.2, -0.15) is 13.2 Å². The summed E-state index contributed by atoms with van der Waals surface area (Å²) in [6, 6.07) is 10.6. The van der Waals surface area contributed by atoms with E-state index in [0.29, 0.717) is 91.3 Å². The molecule has 3 aromatic carbocycles. The molecule has 4 heterocycles. The standard InChI is InChI=1S/C42H45F3N8O6/c1-22(25-17-26(42(43,44)45)19-27(46)18-25)48-38-30-20-29(34(59-3)21-32(30)49-23(2)50-38)24-12-15-52(16-13-24)36(55)9-4-5-14-47-31-8-6-7-28-37(31)41(58)53(40(28)57)33-10-11-35(54)51-39(33)56/h6-8,17-22,24,33,47H,4-5,9-16,46H2,1-3H3,(H,48,49,50)(H,51,54,56)/t22-,33?/m1/s1. The summed E-state index contributed by atoms with van der Waals surface area (Å²) in [7, 11) is 1.59. The second-order valence-electron chi connectivity index (χ2n) is 15.2. The molecule has 4 aromatic rings. The maximum atomic E-state index is 13.6. The van der Waals surface area contributed by atoms with Crippen LogP contribution in [-0.4, -0.2) is 82.1 Å². The van der Waals surface area contributed by atoms with Crippen molar-refractivity contribution in [3.63, 3.8) is 0 Å². The van der Waals surface area contributed by atoms with Crippen LogP contribution in [0.1, 0.15) is 107 Å². The zero-order chi connectivity index (χ0) is 42.2. The molecule has 0 spiro atoms. The molecule has 5 N–H and O–H groups in total. The molecular weight excluding hydrogens is 770 g/mol. The van der Waals surface area contributed by atoms with E-state index >= 15 is 0 Å². The first-order chi connectivity index (χ1) is 28.1. The van der Waals surface area contributed by atoms with E-state index in [4.69, 9.17) is 10.5 Å². The fourth-order valence-corrected chi connectivity index (χ4v) is 8.16. The summed E-state index contributed by atoms with van der Waals surface area (Å²) in [5, 5.41) is 9.39. The summed E-state index contributed by atoms with van der Waals surface area (Å²) in [4.78, 5) is 75.9. The Morgan fingerprint density at radius 3 is 2.49 bits per heavy atom. The van der Waals surface area contributed by atoms with Crippen molar-refractivity contribution in [2.75, 3.05) is 43.1 Å². The lowest BCUT2D eigenvalue weighted by molar-refractivity contribution is -0.138. The minimum absolute atomic E-state index is 0.00749. The van der Waals surface area contributed by atoms with Gasteiger partial charge in [0.2, 0.25) is 17.7 Å². The average molecular weight is 815 g/mol. The van der Waals surface area contributed by atoms with Crippen LogP contribution in [0.2, 0.25) is 0 Å². The number of nitrogen functional groups attached to an aromatic ring is 1. The number of ether oxygens (including phenoxy) is 1. The number of aromatic nitrogens is 2. The van der Waals surface area contributed by atoms with Crippen molar-refractivity contribution >= 4 is 57.6 Å². The maximum Gasteiger partial charge on any atom is 0.416 e. The first kappa shape index (κ1) is 40.9. The summed E-state index contributed by atoms with van der Waals surface area (Å²) < 4.78 is 46.5. The summed E-state index contributed by atoms with van der Waals surface area (Å²) in [6.45, 7) is 5.01. The van der Waals surface area contributed by atoms with Crippen molar-refractivity contribution in [2.24, 2.45) is 0 Å². The third-order valence-electron chi connectivity index (χ3n) is 11.2. The highest BCUT2D eigenvalue weighted by molar-refractivity contribution is 6.25. The van der Waals surface area contributed by atoms with E-state index in [1.165, 1.54) is 6.07 Å². The van der Waals surface area contributed by atoms with Gasteiger partial charge in [-0.1, -0.05) is 6.07 Å². The van der Waals surface area contributed by atoms with Crippen LogP contribution < -0.4 is 26.4 Å². The first-order valence-corrected chi connectivity index (χ1v) is 19.6. The van der Waals surface area contributed by atoms with Crippen LogP contribution in [0.15, 0.2) is 48.5 Å². The number of fused-ring (bicyclic) bond motifs is 2. The number of nitrogens with two attached hydrogens (primary N) is 1. The van der Waals surface area contributed by atoms with Gasteiger partial charge in [0, 0.05) is 55.3 Å². The highest BCUT2D eigenvalue weighted by Gasteiger charge is 2.45. The molecule has 0 radical (unpaired) electrons. The number of carbonyl (C=O) groups excluding carboxylic acids is 5. The number of nitrogens with zero attached hydrogens (tertiary/aromatic N) is 4. The fourth-order valence-electron chi connectivity index (χ4n) is 8.16. The maximum absolute atomic E-state index is 13.6. The van der Waals surface area contributed by atoms with Gasteiger partial charge in [0.15, 0.2) is 0 Å². The SMILES string of the molecule is COc1cc2nc(C)nc(N[C@H](C)c3cc(N)cc(C(F)(F)F)c3)c2cc1C1CCN(C(=O)CCCCNc2cccc3c2C(=O)N(C2CCC(=O)NC2=O)C3=O)CC1. The Kier molecular flexibility index (Phi) is 11.5. The highest BCUT2D eigenvalue weighted by Crippen LogP contribution is 2.40. The Morgan fingerprint density at radius 2 is 1.78 bits per heavy atom. The second kappa shape index (κ2) is 16.5. The topological polar surface area (TPSA) is 189 Å². The summed E-state index contributed by atoms with van der Waals surface area (Å²) >= 11 is 0. The molecule has 3 aliphatic rings. The lowest BCUT2D eigenvalue weighted by Gasteiger charge is -2.33. The molecule has 0 aliphatic carbocycles. The summed E-state index contributed by atoms with van der Waals surface area (Å²) in [5.74, 6) is -0.579. The van der Waals surface area contributed by atoms with E-state index in [2.05, 4.69) is 25.9 Å². The smallest absolute Gasteiger partial charge is 0.416 e. The van der Waals surface area contributed by atoms with Crippen LogP contribution in [0.3, 0.4) is 0 Å². The predicted molar refractivity (Wildman–Crippen MR) is 213 cm³/mol. The molecule has 0 saturated carbocycles. The van der Waals surface area contributed by atoms with Crippen molar-refractivity contribution in [1.29, 1.82) is 0 Å². The van der Waals surface area contributed by atoms with Gasteiger partial charge in [0.05, 0.1) is 35.4 Å². The number of amides is 5. The number of piperidine rings is 2. The first-order valence-electron chi connectivity index (χ1n) is 19.6. The molecule has 2 saturated heterocycles.